The molecule has 0 radical (unpaired) electrons. The van der Waals surface area contributed by atoms with Gasteiger partial charge < -0.3 is 5.11 Å². The van der Waals surface area contributed by atoms with Gasteiger partial charge in [-0.3, -0.25) is 0 Å². The predicted molar refractivity (Wildman–Crippen MR) is 78.5 cm³/mol. The number of aliphatic carboxylic acids is 1. The number of carboxylic acid groups (broad SMARTS) is 1. The molecule has 0 fully saturated rings. The Hall–Kier alpha value is -1.84. The summed E-state index contributed by atoms with van der Waals surface area (Å²) in [6, 6.07) is 9.45. The number of hydrogen-bond donors (Lipinski definition) is 1. The topological polar surface area (TPSA) is 37.3 Å². The summed E-state index contributed by atoms with van der Waals surface area (Å²) in [6.45, 7) is 0. The first kappa shape index (κ1) is 14.6. The van der Waals surface area contributed by atoms with Gasteiger partial charge >= 0.3 is 5.97 Å². The number of hydrogen-bond acceptors (Lipinski definition) is 1. The molecule has 2 rings (SSSR count). The lowest BCUT2D eigenvalue weighted by atomic mass is 10.0. The van der Waals surface area contributed by atoms with Crippen LogP contribution in [-0.2, 0) is 4.79 Å². The highest BCUT2D eigenvalue weighted by Crippen LogP contribution is 2.33. The van der Waals surface area contributed by atoms with Gasteiger partial charge in [-0.25, -0.2) is 9.18 Å². The summed E-state index contributed by atoms with van der Waals surface area (Å²) in [5.41, 5.74) is 0.967. The molecule has 0 aromatic heterocycles. The molecule has 0 aliphatic heterocycles. The molecule has 0 aliphatic carbocycles. The van der Waals surface area contributed by atoms with Crippen LogP contribution < -0.4 is 0 Å². The maximum absolute atomic E-state index is 14.4. The van der Waals surface area contributed by atoms with E-state index in [1.807, 2.05) is 0 Å². The van der Waals surface area contributed by atoms with Crippen molar-refractivity contribution in [3.63, 3.8) is 0 Å². The van der Waals surface area contributed by atoms with Gasteiger partial charge in [0.25, 0.3) is 0 Å². The smallest absolute Gasteiger partial charge is 0.328 e. The summed E-state index contributed by atoms with van der Waals surface area (Å²) in [5, 5.41) is 9.37. The lowest BCUT2D eigenvalue weighted by Crippen LogP contribution is -1.91. The molecular weight excluding hydrogens is 302 g/mol. The minimum Gasteiger partial charge on any atom is -0.478 e. The zero-order chi connectivity index (χ0) is 14.7. The fraction of sp³-hybridized carbons (Fsp3) is 0. The second-order valence-corrected chi connectivity index (χ2v) is 4.85. The number of benzene rings is 2. The third-order valence-electron chi connectivity index (χ3n) is 2.66. The number of halogens is 3. The summed E-state index contributed by atoms with van der Waals surface area (Å²) >= 11 is 11.9. The number of carboxylic acids is 1. The molecule has 2 nitrogen and oxygen atoms in total. The van der Waals surface area contributed by atoms with Crippen molar-refractivity contribution >= 4 is 35.2 Å². The molecule has 0 saturated carbocycles. The van der Waals surface area contributed by atoms with Crippen LogP contribution in [-0.4, -0.2) is 11.1 Å². The van der Waals surface area contributed by atoms with Crippen molar-refractivity contribution in [1.82, 2.24) is 0 Å². The molecule has 1 N–H and O–H groups in total. The van der Waals surface area contributed by atoms with Crippen molar-refractivity contribution < 1.29 is 14.3 Å². The van der Waals surface area contributed by atoms with Crippen molar-refractivity contribution in [2.75, 3.05) is 0 Å². The van der Waals surface area contributed by atoms with Gasteiger partial charge in [-0.05, 0) is 18.2 Å². The Morgan fingerprint density at radius 1 is 1.15 bits per heavy atom. The van der Waals surface area contributed by atoms with Crippen LogP contribution in [0.4, 0.5) is 4.39 Å². The first-order valence-electron chi connectivity index (χ1n) is 5.64. The van der Waals surface area contributed by atoms with Crippen LogP contribution in [0, 0.1) is 5.82 Å². The Morgan fingerprint density at radius 3 is 2.55 bits per heavy atom. The Bertz CT molecular complexity index is 696. The Kier molecular flexibility index (Phi) is 4.42. The molecule has 0 bridgehead atoms. The van der Waals surface area contributed by atoms with Crippen molar-refractivity contribution in [2.45, 2.75) is 0 Å². The summed E-state index contributed by atoms with van der Waals surface area (Å²) < 4.78 is 14.4. The predicted octanol–water partition coefficient (Wildman–Crippen LogP) is 4.90. The molecule has 0 atom stereocenters. The third-order valence-corrected chi connectivity index (χ3v) is 3.20. The SMILES string of the molecule is O=C(O)/C=C/c1cccc(-c2ccc(Cl)cc2Cl)c1F. The highest BCUT2D eigenvalue weighted by atomic mass is 35.5. The third kappa shape index (κ3) is 3.18. The number of rotatable bonds is 3. The van der Waals surface area contributed by atoms with Gasteiger partial charge in [0.15, 0.2) is 0 Å². The first-order chi connectivity index (χ1) is 9.49. The van der Waals surface area contributed by atoms with Crippen molar-refractivity contribution in [3.8, 4) is 11.1 Å². The summed E-state index contributed by atoms with van der Waals surface area (Å²) in [7, 11) is 0. The van der Waals surface area contributed by atoms with Crippen LogP contribution in [0.3, 0.4) is 0 Å². The molecular formula is C15H9Cl2FO2. The van der Waals surface area contributed by atoms with E-state index in [2.05, 4.69) is 0 Å². The van der Waals surface area contributed by atoms with E-state index < -0.39 is 11.8 Å². The van der Waals surface area contributed by atoms with Crippen LogP contribution in [0.15, 0.2) is 42.5 Å². The second kappa shape index (κ2) is 6.07. The molecule has 0 saturated heterocycles. The quantitative estimate of drug-likeness (QED) is 0.819. The molecule has 2 aromatic rings. The summed E-state index contributed by atoms with van der Waals surface area (Å²) in [6.07, 6.45) is 2.08. The molecule has 0 heterocycles. The van der Waals surface area contributed by atoms with Gasteiger partial charge in [-0.1, -0.05) is 47.5 Å². The molecule has 0 spiro atoms. The Labute approximate surface area is 125 Å². The molecule has 0 aliphatic rings. The maximum Gasteiger partial charge on any atom is 0.328 e. The maximum atomic E-state index is 14.4. The van der Waals surface area contributed by atoms with E-state index >= 15 is 0 Å². The van der Waals surface area contributed by atoms with Gasteiger partial charge in [0.05, 0.1) is 0 Å². The van der Waals surface area contributed by atoms with Gasteiger partial charge in [-0.2, -0.15) is 0 Å². The van der Waals surface area contributed by atoms with E-state index in [0.717, 1.165) is 6.08 Å². The van der Waals surface area contributed by atoms with Crippen LogP contribution in [0.2, 0.25) is 10.0 Å². The fourth-order valence-electron chi connectivity index (χ4n) is 1.76. The highest BCUT2D eigenvalue weighted by molar-refractivity contribution is 6.36. The van der Waals surface area contributed by atoms with Crippen LogP contribution in [0.1, 0.15) is 5.56 Å². The molecule has 102 valence electrons. The van der Waals surface area contributed by atoms with E-state index in [1.165, 1.54) is 18.2 Å². The highest BCUT2D eigenvalue weighted by Gasteiger charge is 2.11. The van der Waals surface area contributed by atoms with Gasteiger partial charge in [-0.15, -0.1) is 0 Å². The minimum absolute atomic E-state index is 0.177. The van der Waals surface area contributed by atoms with Gasteiger partial charge in [0.2, 0.25) is 0 Å². The summed E-state index contributed by atoms with van der Waals surface area (Å²) in [5.74, 6) is -1.67. The molecule has 2 aromatic carbocycles. The van der Waals surface area contributed by atoms with E-state index in [9.17, 15) is 9.18 Å². The van der Waals surface area contributed by atoms with Crippen molar-refractivity contribution in [3.05, 3.63) is 63.9 Å². The van der Waals surface area contributed by atoms with Crippen LogP contribution in [0.25, 0.3) is 17.2 Å². The normalized spacial score (nSPS) is 10.9. The van der Waals surface area contributed by atoms with Crippen LogP contribution in [0.5, 0.6) is 0 Å². The zero-order valence-corrected chi connectivity index (χ0v) is 11.6. The number of carbonyl (C=O) groups is 1. The van der Waals surface area contributed by atoms with Gasteiger partial charge in [0, 0.05) is 32.8 Å². The van der Waals surface area contributed by atoms with Gasteiger partial charge in [0.1, 0.15) is 5.82 Å². The zero-order valence-electron chi connectivity index (χ0n) is 10.1. The van der Waals surface area contributed by atoms with E-state index in [0.29, 0.717) is 21.2 Å². The monoisotopic (exact) mass is 310 g/mol. The molecule has 0 unspecified atom stereocenters. The van der Waals surface area contributed by atoms with E-state index in [4.69, 9.17) is 28.3 Å². The lowest BCUT2D eigenvalue weighted by molar-refractivity contribution is -0.131. The van der Waals surface area contributed by atoms with Crippen molar-refractivity contribution in [1.29, 1.82) is 0 Å². The fourth-order valence-corrected chi connectivity index (χ4v) is 2.27. The molecule has 0 amide bonds. The largest absolute Gasteiger partial charge is 0.478 e. The first-order valence-corrected chi connectivity index (χ1v) is 6.39. The minimum atomic E-state index is -1.14. The molecule has 20 heavy (non-hydrogen) atoms. The Balaban J connectivity index is 2.53. The average molecular weight is 311 g/mol. The van der Waals surface area contributed by atoms with Crippen LogP contribution >= 0.6 is 23.2 Å². The average Bonchev–Trinajstić information content (AvgIpc) is 2.38. The van der Waals surface area contributed by atoms with E-state index in [-0.39, 0.29) is 5.56 Å². The van der Waals surface area contributed by atoms with Crippen molar-refractivity contribution in [2.24, 2.45) is 0 Å². The standard InChI is InChI=1S/C15H9Cl2FO2/c16-10-5-6-11(13(17)8-10)12-3-1-2-9(15(12)18)4-7-14(19)20/h1-8H,(H,19,20)/b7-4+. The summed E-state index contributed by atoms with van der Waals surface area (Å²) in [4.78, 5) is 10.5. The second-order valence-electron chi connectivity index (χ2n) is 4.00. The van der Waals surface area contributed by atoms with E-state index in [1.54, 1.807) is 24.3 Å². The molecule has 5 heteroatoms. The Morgan fingerprint density at radius 2 is 1.90 bits per heavy atom. The lowest BCUT2D eigenvalue weighted by Gasteiger charge is -2.08.